The van der Waals surface area contributed by atoms with Crippen LogP contribution in [-0.2, 0) is 11.3 Å². The smallest absolute Gasteiger partial charge is 0.226 e. The number of aromatic hydroxyl groups is 1. The Hall–Kier alpha value is -1.81. The summed E-state index contributed by atoms with van der Waals surface area (Å²) in [7, 11) is 1.80. The fourth-order valence-electron chi connectivity index (χ4n) is 2.85. The van der Waals surface area contributed by atoms with E-state index in [2.05, 4.69) is 22.0 Å². The van der Waals surface area contributed by atoms with Crippen LogP contribution in [0.5, 0.6) is 5.75 Å². The normalized spacial score (nSPS) is 19.7. The average Bonchev–Trinajstić information content (AvgIpc) is 3.29. The number of phenols is 1. The highest BCUT2D eigenvalue weighted by molar-refractivity contribution is 9.10. The van der Waals surface area contributed by atoms with Crippen LogP contribution in [0, 0.1) is 5.92 Å². The number of benzene rings is 2. The molecule has 0 saturated heterocycles. The quantitative estimate of drug-likeness (QED) is 0.898. The molecule has 1 amide bonds. The van der Waals surface area contributed by atoms with Crippen LogP contribution in [-0.4, -0.2) is 23.0 Å². The molecule has 2 aromatic rings. The van der Waals surface area contributed by atoms with Gasteiger partial charge in [0.05, 0.1) is 0 Å². The minimum absolute atomic E-state index is 0.0505. The summed E-state index contributed by atoms with van der Waals surface area (Å²) in [5.41, 5.74) is 1.98. The van der Waals surface area contributed by atoms with Crippen LogP contribution in [0.15, 0.2) is 53.0 Å². The number of amides is 1. The van der Waals surface area contributed by atoms with Crippen molar-refractivity contribution in [2.45, 2.75) is 18.9 Å². The predicted molar refractivity (Wildman–Crippen MR) is 89.6 cm³/mol. The van der Waals surface area contributed by atoms with E-state index in [9.17, 15) is 9.90 Å². The van der Waals surface area contributed by atoms with E-state index in [1.807, 2.05) is 30.3 Å². The minimum atomic E-state index is 0.0505. The molecule has 3 nitrogen and oxygen atoms in total. The molecule has 0 unspecified atom stereocenters. The number of para-hydroxylation sites is 1. The standard InChI is InChI=1S/C18H18BrNO2/c1-20(11-12-6-2-5-9-17(12)21)18(22)15-10-14(15)13-7-3-4-8-16(13)19/h2-9,14-15,21H,10-11H2,1H3/t14-,15+/m0/s1. The van der Waals surface area contributed by atoms with Gasteiger partial charge in [-0.25, -0.2) is 0 Å². The molecule has 0 heterocycles. The molecule has 4 heteroatoms. The number of carbonyl (C=O) groups is 1. The summed E-state index contributed by atoms with van der Waals surface area (Å²) in [5, 5.41) is 9.82. The molecule has 22 heavy (non-hydrogen) atoms. The zero-order valence-electron chi connectivity index (χ0n) is 12.4. The molecule has 2 atom stereocenters. The van der Waals surface area contributed by atoms with Crippen molar-refractivity contribution in [2.75, 3.05) is 7.05 Å². The molecule has 0 radical (unpaired) electrons. The van der Waals surface area contributed by atoms with E-state index in [0.29, 0.717) is 12.5 Å². The first-order chi connectivity index (χ1) is 10.6. The molecule has 3 rings (SSSR count). The van der Waals surface area contributed by atoms with Crippen molar-refractivity contribution in [1.29, 1.82) is 0 Å². The zero-order valence-corrected chi connectivity index (χ0v) is 14.0. The van der Waals surface area contributed by atoms with Crippen LogP contribution >= 0.6 is 15.9 Å². The van der Waals surface area contributed by atoms with Gasteiger partial charge in [-0.15, -0.1) is 0 Å². The van der Waals surface area contributed by atoms with Crippen LogP contribution in [0.2, 0.25) is 0 Å². The monoisotopic (exact) mass is 359 g/mol. The number of phenolic OH excluding ortho intramolecular Hbond substituents is 1. The van der Waals surface area contributed by atoms with E-state index in [0.717, 1.165) is 16.5 Å². The maximum Gasteiger partial charge on any atom is 0.226 e. The number of nitrogens with zero attached hydrogens (tertiary/aromatic N) is 1. The van der Waals surface area contributed by atoms with Gasteiger partial charge in [-0.05, 0) is 30.0 Å². The van der Waals surface area contributed by atoms with Crippen molar-refractivity contribution in [3.05, 3.63) is 64.1 Å². The number of hydrogen-bond donors (Lipinski definition) is 1. The minimum Gasteiger partial charge on any atom is -0.508 e. The van der Waals surface area contributed by atoms with Crippen LogP contribution in [0.25, 0.3) is 0 Å². The van der Waals surface area contributed by atoms with Crippen LogP contribution < -0.4 is 0 Å². The number of rotatable bonds is 4. The van der Waals surface area contributed by atoms with Crippen molar-refractivity contribution in [3.63, 3.8) is 0 Å². The Morgan fingerprint density at radius 3 is 2.64 bits per heavy atom. The molecular formula is C18H18BrNO2. The van der Waals surface area contributed by atoms with Gasteiger partial charge in [0, 0.05) is 29.5 Å². The van der Waals surface area contributed by atoms with Gasteiger partial charge < -0.3 is 10.0 Å². The summed E-state index contributed by atoms with van der Waals surface area (Å²) in [6.45, 7) is 0.435. The van der Waals surface area contributed by atoms with Crippen LogP contribution in [0.1, 0.15) is 23.5 Å². The topological polar surface area (TPSA) is 40.5 Å². The Morgan fingerprint density at radius 1 is 1.23 bits per heavy atom. The second-order valence-electron chi connectivity index (χ2n) is 5.79. The Morgan fingerprint density at radius 2 is 1.91 bits per heavy atom. The van der Waals surface area contributed by atoms with Gasteiger partial charge in [0.1, 0.15) is 5.75 Å². The van der Waals surface area contributed by atoms with Gasteiger partial charge in [0.2, 0.25) is 5.91 Å². The third kappa shape index (κ3) is 3.02. The SMILES string of the molecule is CN(Cc1ccccc1O)C(=O)[C@@H]1C[C@H]1c1ccccc1Br. The second kappa shape index (κ2) is 6.13. The third-order valence-corrected chi connectivity index (χ3v) is 4.91. The molecule has 0 aliphatic heterocycles. The lowest BCUT2D eigenvalue weighted by Crippen LogP contribution is -2.28. The van der Waals surface area contributed by atoms with Crippen molar-refractivity contribution in [2.24, 2.45) is 5.92 Å². The maximum atomic E-state index is 12.5. The first-order valence-corrected chi connectivity index (χ1v) is 8.13. The van der Waals surface area contributed by atoms with Crippen molar-refractivity contribution >= 4 is 21.8 Å². The van der Waals surface area contributed by atoms with Gasteiger partial charge in [0.25, 0.3) is 0 Å². The Bertz CT molecular complexity index is 697. The third-order valence-electron chi connectivity index (χ3n) is 4.19. The second-order valence-corrected chi connectivity index (χ2v) is 6.65. The lowest BCUT2D eigenvalue weighted by atomic mass is 10.1. The van der Waals surface area contributed by atoms with Crippen LogP contribution in [0.4, 0.5) is 0 Å². The molecule has 1 N–H and O–H groups in total. The highest BCUT2D eigenvalue weighted by Gasteiger charge is 2.45. The highest BCUT2D eigenvalue weighted by Crippen LogP contribution is 2.50. The first kappa shape index (κ1) is 15.1. The Balaban J connectivity index is 1.66. The van der Waals surface area contributed by atoms with E-state index in [1.54, 1.807) is 24.1 Å². The summed E-state index contributed by atoms with van der Waals surface area (Å²) >= 11 is 3.56. The van der Waals surface area contributed by atoms with Gasteiger partial charge in [-0.2, -0.15) is 0 Å². The molecule has 2 aromatic carbocycles. The predicted octanol–water partition coefficient (Wildman–Crippen LogP) is 3.92. The average molecular weight is 360 g/mol. The summed E-state index contributed by atoms with van der Waals surface area (Å²) in [4.78, 5) is 14.2. The van der Waals surface area contributed by atoms with E-state index in [-0.39, 0.29) is 17.6 Å². The number of halogens is 1. The largest absolute Gasteiger partial charge is 0.508 e. The maximum absolute atomic E-state index is 12.5. The molecule has 1 aliphatic carbocycles. The lowest BCUT2D eigenvalue weighted by molar-refractivity contribution is -0.131. The summed E-state index contributed by atoms with van der Waals surface area (Å²) in [5.74, 6) is 0.730. The molecule has 114 valence electrons. The van der Waals surface area contributed by atoms with Crippen molar-refractivity contribution < 1.29 is 9.90 Å². The Kier molecular flexibility index (Phi) is 4.21. The first-order valence-electron chi connectivity index (χ1n) is 7.34. The fraction of sp³-hybridized carbons (Fsp3) is 0.278. The van der Waals surface area contributed by atoms with Crippen molar-refractivity contribution in [1.82, 2.24) is 4.90 Å². The summed E-state index contributed by atoms with van der Waals surface area (Å²) in [6.07, 6.45) is 0.895. The molecule has 1 saturated carbocycles. The zero-order chi connectivity index (χ0) is 15.7. The fourth-order valence-corrected chi connectivity index (χ4v) is 3.43. The van der Waals surface area contributed by atoms with Crippen LogP contribution in [0.3, 0.4) is 0 Å². The molecule has 1 aliphatic rings. The van der Waals surface area contributed by atoms with Gasteiger partial charge in [0.15, 0.2) is 0 Å². The summed E-state index contributed by atoms with van der Waals surface area (Å²) < 4.78 is 1.07. The lowest BCUT2D eigenvalue weighted by Gasteiger charge is -2.18. The van der Waals surface area contributed by atoms with E-state index in [4.69, 9.17) is 0 Å². The summed E-state index contributed by atoms with van der Waals surface area (Å²) in [6, 6.07) is 15.2. The molecule has 0 spiro atoms. The van der Waals surface area contributed by atoms with Gasteiger partial charge in [-0.1, -0.05) is 52.3 Å². The van der Waals surface area contributed by atoms with Gasteiger partial charge >= 0.3 is 0 Å². The van der Waals surface area contributed by atoms with E-state index >= 15 is 0 Å². The Labute approximate surface area is 138 Å². The molecular weight excluding hydrogens is 342 g/mol. The molecule has 1 fully saturated rings. The van der Waals surface area contributed by atoms with E-state index in [1.165, 1.54) is 5.56 Å². The number of hydrogen-bond acceptors (Lipinski definition) is 2. The number of carbonyl (C=O) groups excluding carboxylic acids is 1. The van der Waals surface area contributed by atoms with Crippen molar-refractivity contribution in [3.8, 4) is 5.75 Å². The highest BCUT2D eigenvalue weighted by atomic mass is 79.9. The van der Waals surface area contributed by atoms with Gasteiger partial charge in [-0.3, -0.25) is 4.79 Å². The molecule has 0 bridgehead atoms. The molecule has 0 aromatic heterocycles. The van der Waals surface area contributed by atoms with E-state index < -0.39 is 0 Å².